The van der Waals surface area contributed by atoms with Crippen LogP contribution >= 0.6 is 0 Å². The minimum absolute atomic E-state index is 0.00749. The molecule has 4 aromatic rings. The Morgan fingerprint density at radius 2 is 1.21 bits per heavy atom. The first-order valence-corrected chi connectivity index (χ1v) is 11.4. The van der Waals surface area contributed by atoms with Gasteiger partial charge >= 0.3 is 0 Å². The van der Waals surface area contributed by atoms with Crippen molar-refractivity contribution in [1.29, 1.82) is 0 Å². The van der Waals surface area contributed by atoms with Gasteiger partial charge in [0.25, 0.3) is 0 Å². The number of nitrogens with one attached hydrogen (secondary N) is 1. The van der Waals surface area contributed by atoms with Gasteiger partial charge in [0.05, 0.1) is 17.9 Å². The number of anilines is 1. The average Bonchev–Trinajstić information content (AvgIpc) is 2.88. The van der Waals surface area contributed by atoms with E-state index in [-0.39, 0.29) is 5.91 Å². The number of carbonyl (C=O) groups excluding carboxylic acids is 1. The molecule has 166 valence electrons. The molecule has 1 heterocycles. The van der Waals surface area contributed by atoms with Crippen molar-refractivity contribution in [3.05, 3.63) is 97.1 Å². The van der Waals surface area contributed by atoms with Gasteiger partial charge in [-0.1, -0.05) is 86.6 Å². The number of nitrogens with zero attached hydrogens (tertiary/aromatic N) is 2. The first kappa shape index (κ1) is 22.4. The monoisotopic (exact) mass is 435 g/mol. The van der Waals surface area contributed by atoms with Crippen LogP contribution in [-0.2, 0) is 4.79 Å². The molecule has 0 saturated carbocycles. The van der Waals surface area contributed by atoms with Crippen LogP contribution in [0, 0.1) is 0 Å². The number of likely N-dealkylation sites (N-methyl/N-ethyl adjacent to an activating group) is 1. The van der Waals surface area contributed by atoms with Gasteiger partial charge in [-0.2, -0.15) is 0 Å². The fourth-order valence-corrected chi connectivity index (χ4v) is 3.81. The van der Waals surface area contributed by atoms with Crippen molar-refractivity contribution in [2.45, 2.75) is 13.8 Å². The van der Waals surface area contributed by atoms with E-state index in [0.29, 0.717) is 6.54 Å². The van der Waals surface area contributed by atoms with Crippen molar-refractivity contribution in [3.63, 3.8) is 0 Å². The van der Waals surface area contributed by atoms with Gasteiger partial charge < -0.3 is 5.32 Å². The van der Waals surface area contributed by atoms with Crippen molar-refractivity contribution in [1.82, 2.24) is 9.88 Å². The number of hydrogen-bond acceptors (Lipinski definition) is 3. The molecule has 0 aliphatic heterocycles. The average molecular weight is 436 g/mol. The summed E-state index contributed by atoms with van der Waals surface area (Å²) in [6, 6.07) is 32.7. The summed E-state index contributed by atoms with van der Waals surface area (Å²) in [5.41, 5.74) is 6.99. The molecule has 4 nitrogen and oxygen atoms in total. The van der Waals surface area contributed by atoms with Crippen LogP contribution in [0.25, 0.3) is 33.6 Å². The molecule has 0 radical (unpaired) electrons. The molecule has 3 aromatic carbocycles. The maximum atomic E-state index is 12.3. The van der Waals surface area contributed by atoms with E-state index >= 15 is 0 Å². The molecule has 1 aromatic heterocycles. The number of amides is 1. The van der Waals surface area contributed by atoms with Crippen LogP contribution in [-0.4, -0.2) is 35.4 Å². The van der Waals surface area contributed by atoms with Crippen LogP contribution in [0.4, 0.5) is 5.69 Å². The second-order valence-electron chi connectivity index (χ2n) is 7.95. The van der Waals surface area contributed by atoms with E-state index in [0.717, 1.165) is 52.4 Å². The van der Waals surface area contributed by atoms with E-state index in [1.165, 1.54) is 0 Å². The Hall–Kier alpha value is -3.76. The van der Waals surface area contributed by atoms with Crippen molar-refractivity contribution in [2.75, 3.05) is 25.0 Å². The fraction of sp³-hybridized carbons (Fsp3) is 0.172. The van der Waals surface area contributed by atoms with E-state index in [1.54, 1.807) is 0 Å². The molecule has 4 rings (SSSR count). The molecule has 33 heavy (non-hydrogen) atoms. The Bertz CT molecular complexity index is 1130. The summed E-state index contributed by atoms with van der Waals surface area (Å²) in [5.74, 6) is 0.00749. The second-order valence-corrected chi connectivity index (χ2v) is 7.95. The summed E-state index contributed by atoms with van der Waals surface area (Å²) < 4.78 is 0. The predicted octanol–water partition coefficient (Wildman–Crippen LogP) is 6.36. The SMILES string of the molecule is CCN(CC)CC(=O)Nc1ccc(-c2cc(-c3ccccc3)nc(-c3ccccc3)c2)cc1. The van der Waals surface area contributed by atoms with Crippen molar-refractivity contribution in [3.8, 4) is 33.6 Å². The van der Waals surface area contributed by atoms with Gasteiger partial charge in [0, 0.05) is 16.8 Å². The van der Waals surface area contributed by atoms with Gasteiger partial charge in [-0.15, -0.1) is 0 Å². The van der Waals surface area contributed by atoms with Crippen molar-refractivity contribution in [2.24, 2.45) is 0 Å². The van der Waals surface area contributed by atoms with Gasteiger partial charge in [0.1, 0.15) is 0 Å². The summed E-state index contributed by atoms with van der Waals surface area (Å²) in [6.45, 7) is 6.25. The molecule has 1 N–H and O–H groups in total. The smallest absolute Gasteiger partial charge is 0.238 e. The Morgan fingerprint density at radius 3 is 1.70 bits per heavy atom. The number of pyridine rings is 1. The molecular weight excluding hydrogens is 406 g/mol. The largest absolute Gasteiger partial charge is 0.325 e. The zero-order chi connectivity index (χ0) is 23.0. The molecule has 0 aliphatic rings. The lowest BCUT2D eigenvalue weighted by Crippen LogP contribution is -2.32. The standard InChI is InChI=1S/C29H29N3O/c1-3-32(4-2)21-29(33)30-26-17-15-22(16-18-26)25-19-27(23-11-7-5-8-12-23)31-28(20-25)24-13-9-6-10-14-24/h5-20H,3-4,21H2,1-2H3,(H,30,33). The summed E-state index contributed by atoms with van der Waals surface area (Å²) in [5, 5.41) is 3.00. The van der Waals surface area contributed by atoms with Gasteiger partial charge in [0.2, 0.25) is 5.91 Å². The van der Waals surface area contributed by atoms with Gasteiger partial charge in [0.15, 0.2) is 0 Å². The van der Waals surface area contributed by atoms with Crippen LogP contribution in [0.15, 0.2) is 97.1 Å². The minimum atomic E-state index is 0.00749. The number of hydrogen-bond donors (Lipinski definition) is 1. The minimum Gasteiger partial charge on any atom is -0.325 e. The number of benzene rings is 3. The van der Waals surface area contributed by atoms with Crippen LogP contribution in [0.3, 0.4) is 0 Å². The summed E-state index contributed by atoms with van der Waals surface area (Å²) in [4.78, 5) is 19.4. The lowest BCUT2D eigenvalue weighted by molar-refractivity contribution is -0.117. The molecule has 0 spiro atoms. The van der Waals surface area contributed by atoms with E-state index < -0.39 is 0 Å². The zero-order valence-electron chi connectivity index (χ0n) is 19.2. The van der Waals surface area contributed by atoms with Crippen LogP contribution in [0.1, 0.15) is 13.8 Å². The summed E-state index contributed by atoms with van der Waals surface area (Å²) >= 11 is 0. The lowest BCUT2D eigenvalue weighted by Gasteiger charge is -2.17. The Labute approximate surface area is 195 Å². The topological polar surface area (TPSA) is 45.2 Å². The molecule has 4 heteroatoms. The predicted molar refractivity (Wildman–Crippen MR) is 137 cm³/mol. The number of rotatable bonds is 8. The van der Waals surface area contributed by atoms with E-state index in [2.05, 4.69) is 60.5 Å². The molecule has 0 aliphatic carbocycles. The third-order valence-electron chi connectivity index (χ3n) is 5.73. The van der Waals surface area contributed by atoms with Gasteiger partial charge in [-0.05, 0) is 48.5 Å². The third kappa shape index (κ3) is 5.73. The number of aromatic nitrogens is 1. The number of carbonyl (C=O) groups is 1. The van der Waals surface area contributed by atoms with E-state index in [4.69, 9.17) is 4.98 Å². The first-order valence-electron chi connectivity index (χ1n) is 11.4. The molecule has 1 amide bonds. The van der Waals surface area contributed by atoms with Crippen molar-refractivity contribution >= 4 is 11.6 Å². The molecule has 0 fully saturated rings. The lowest BCUT2D eigenvalue weighted by atomic mass is 10.00. The maximum Gasteiger partial charge on any atom is 0.238 e. The highest BCUT2D eigenvalue weighted by molar-refractivity contribution is 5.92. The summed E-state index contributed by atoms with van der Waals surface area (Å²) in [7, 11) is 0. The van der Waals surface area contributed by atoms with Gasteiger partial charge in [-0.25, -0.2) is 4.98 Å². The molecule has 0 atom stereocenters. The Morgan fingerprint density at radius 1 is 0.697 bits per heavy atom. The highest BCUT2D eigenvalue weighted by atomic mass is 16.2. The zero-order valence-corrected chi connectivity index (χ0v) is 19.2. The second kappa shape index (κ2) is 10.7. The maximum absolute atomic E-state index is 12.3. The van der Waals surface area contributed by atoms with E-state index in [9.17, 15) is 4.79 Å². The third-order valence-corrected chi connectivity index (χ3v) is 5.73. The fourth-order valence-electron chi connectivity index (χ4n) is 3.81. The van der Waals surface area contributed by atoms with Crippen LogP contribution in [0.5, 0.6) is 0 Å². The Balaban J connectivity index is 1.63. The van der Waals surface area contributed by atoms with Crippen LogP contribution < -0.4 is 5.32 Å². The Kier molecular flexibility index (Phi) is 7.28. The molecular formula is C29H29N3O. The molecule has 0 bridgehead atoms. The normalized spacial score (nSPS) is 10.9. The highest BCUT2D eigenvalue weighted by Gasteiger charge is 2.10. The summed E-state index contributed by atoms with van der Waals surface area (Å²) in [6.07, 6.45) is 0. The van der Waals surface area contributed by atoms with Crippen molar-refractivity contribution < 1.29 is 4.79 Å². The molecule has 0 saturated heterocycles. The van der Waals surface area contributed by atoms with Gasteiger partial charge in [-0.3, -0.25) is 9.69 Å². The quantitative estimate of drug-likeness (QED) is 0.350. The molecule has 0 unspecified atom stereocenters. The van der Waals surface area contributed by atoms with E-state index in [1.807, 2.05) is 60.7 Å². The highest BCUT2D eigenvalue weighted by Crippen LogP contribution is 2.30. The van der Waals surface area contributed by atoms with Crippen LogP contribution in [0.2, 0.25) is 0 Å². The first-order chi connectivity index (χ1) is 16.2.